The highest BCUT2D eigenvalue weighted by Gasteiger charge is 2.44. The number of benzene rings is 2. The first-order valence-electron chi connectivity index (χ1n) is 21.7. The molecule has 1 fully saturated rings. The van der Waals surface area contributed by atoms with Crippen LogP contribution in [-0.2, 0) is 20.9 Å². The number of aryl methyl sites for hydroxylation is 2. The third-order valence-electron chi connectivity index (χ3n) is 11.2. The molecule has 13 nitrogen and oxygen atoms in total. The van der Waals surface area contributed by atoms with Crippen molar-refractivity contribution in [2.45, 2.75) is 124 Å². The summed E-state index contributed by atoms with van der Waals surface area (Å²) in [6.45, 7) is 12.5. The van der Waals surface area contributed by atoms with Gasteiger partial charge in [-0.05, 0) is 78.2 Å². The van der Waals surface area contributed by atoms with Crippen molar-refractivity contribution in [3.8, 4) is 21.9 Å². The van der Waals surface area contributed by atoms with E-state index in [0.717, 1.165) is 75.0 Å². The normalized spacial score (nSPS) is 16.2. The zero-order chi connectivity index (χ0) is 45.3. The third-order valence-corrected chi connectivity index (χ3v) is 14.1. The van der Waals surface area contributed by atoms with Gasteiger partial charge in [-0.25, -0.2) is 15.0 Å². The summed E-state index contributed by atoms with van der Waals surface area (Å²) in [7, 11) is 1.63. The van der Waals surface area contributed by atoms with Gasteiger partial charge in [-0.1, -0.05) is 70.7 Å². The lowest BCUT2D eigenvalue weighted by Crippen LogP contribution is -2.57. The number of fused-ring (bicyclic) bond motifs is 1. The molecule has 63 heavy (non-hydrogen) atoms. The van der Waals surface area contributed by atoms with E-state index in [1.54, 1.807) is 29.8 Å². The molecule has 2 aromatic carbocycles. The number of thiazole rings is 1. The van der Waals surface area contributed by atoms with E-state index in [9.17, 15) is 19.5 Å². The van der Waals surface area contributed by atoms with E-state index in [4.69, 9.17) is 14.5 Å². The zero-order valence-electron chi connectivity index (χ0n) is 37.3. The first-order chi connectivity index (χ1) is 30.1. The Labute approximate surface area is 386 Å². The predicted molar refractivity (Wildman–Crippen MR) is 254 cm³/mol. The van der Waals surface area contributed by atoms with Crippen LogP contribution in [0, 0.1) is 19.3 Å². The monoisotopic (exact) mass is 961 g/mol. The molecule has 4 N–H and O–H groups in total. The molecule has 0 aliphatic carbocycles. The average Bonchev–Trinajstić information content (AvgIpc) is 4.00. The van der Waals surface area contributed by atoms with Gasteiger partial charge in [0.25, 0.3) is 0 Å². The molecule has 3 aromatic heterocycles. The maximum Gasteiger partial charge on any atom is 0.246 e. The van der Waals surface area contributed by atoms with Crippen LogP contribution in [0.2, 0.25) is 0 Å². The van der Waals surface area contributed by atoms with Crippen LogP contribution in [0.25, 0.3) is 21.3 Å². The molecule has 0 radical (unpaired) electrons. The highest BCUT2D eigenvalue weighted by molar-refractivity contribution is 9.10. The fraction of sp³-hybridized carbons (Fsp3) is 0.489. The van der Waals surface area contributed by atoms with Crippen molar-refractivity contribution < 1.29 is 29.0 Å². The van der Waals surface area contributed by atoms with Crippen molar-refractivity contribution in [2.75, 3.05) is 25.6 Å². The molecular formula is C47H60BrN7O6S2. The number of unbranched alkanes of at least 4 members (excludes halogenated alkanes) is 5. The van der Waals surface area contributed by atoms with Crippen molar-refractivity contribution in [3.63, 3.8) is 0 Å². The van der Waals surface area contributed by atoms with Gasteiger partial charge in [-0.15, -0.1) is 22.7 Å². The molecule has 6 rings (SSSR count). The number of halogens is 1. The quantitative estimate of drug-likeness (QED) is 0.0552. The molecule has 1 unspecified atom stereocenters. The van der Waals surface area contributed by atoms with Crippen LogP contribution >= 0.6 is 38.6 Å². The molecule has 1 aliphatic heterocycles. The molecule has 1 saturated heterocycles. The topological polar surface area (TPSA) is 168 Å². The Bertz CT molecular complexity index is 2350. The Hall–Kier alpha value is -4.64. The SMILES string of the molecule is COc1cc2c(N[C@@H](C)c3cc(Br)cs3)nc(C)nc2cc1OCCCCCCCCC(=O)NC(C(=O)N1C[C@H](O)C[C@H]1C(=O)NCc1ccc(-c2scnc2C)cc1)C(C)(C)C. The molecule has 338 valence electrons. The Morgan fingerprint density at radius 3 is 2.38 bits per heavy atom. The van der Waals surface area contributed by atoms with Crippen LogP contribution in [0.5, 0.6) is 11.5 Å². The molecule has 0 saturated carbocycles. The van der Waals surface area contributed by atoms with E-state index in [2.05, 4.69) is 60.2 Å². The molecule has 0 bridgehead atoms. The molecule has 4 atom stereocenters. The summed E-state index contributed by atoms with van der Waals surface area (Å²) in [5.74, 6) is 1.78. The van der Waals surface area contributed by atoms with Crippen LogP contribution in [0.4, 0.5) is 5.82 Å². The van der Waals surface area contributed by atoms with Gasteiger partial charge in [-0.2, -0.15) is 0 Å². The van der Waals surface area contributed by atoms with Gasteiger partial charge in [0.2, 0.25) is 17.7 Å². The summed E-state index contributed by atoms with van der Waals surface area (Å²) in [6, 6.07) is 12.3. The van der Waals surface area contributed by atoms with Gasteiger partial charge in [0.15, 0.2) is 11.5 Å². The zero-order valence-corrected chi connectivity index (χ0v) is 40.5. The standard InChI is InChI=1S/C47H60BrN7O6S2/c1-28(40-20-33(48)26-62-40)51-44-35-22-38(60-7)39(23-36(35)52-30(3)53-44)61-19-13-11-9-8-10-12-14-41(57)54-43(47(4,5)6)46(59)55-25-34(56)21-37(55)45(58)49-24-31-15-17-32(18-16-31)42-29(2)50-27-63-42/h15-18,20,22-23,26-28,34,37,43,56H,8-14,19,21,24-25H2,1-7H3,(H,49,58)(H,54,57)(H,51,52,53)/t28-,34+,37-,43?/m0/s1. The molecular weight excluding hydrogens is 903 g/mol. The number of anilines is 1. The number of aliphatic hydroxyl groups is 1. The van der Waals surface area contributed by atoms with Crippen LogP contribution in [0.15, 0.2) is 57.8 Å². The van der Waals surface area contributed by atoms with Gasteiger partial charge in [0, 0.05) is 52.1 Å². The second-order valence-electron chi connectivity index (χ2n) is 17.3. The molecule has 0 spiro atoms. The highest BCUT2D eigenvalue weighted by atomic mass is 79.9. The van der Waals surface area contributed by atoms with Crippen LogP contribution < -0.4 is 25.4 Å². The van der Waals surface area contributed by atoms with Gasteiger partial charge in [-0.3, -0.25) is 14.4 Å². The van der Waals surface area contributed by atoms with Crippen molar-refractivity contribution in [2.24, 2.45) is 5.41 Å². The lowest BCUT2D eigenvalue weighted by atomic mass is 9.85. The summed E-state index contributed by atoms with van der Waals surface area (Å²) in [5.41, 5.74) is 4.94. The third kappa shape index (κ3) is 12.8. The summed E-state index contributed by atoms with van der Waals surface area (Å²) in [6.07, 6.45) is 5.00. The predicted octanol–water partition coefficient (Wildman–Crippen LogP) is 9.29. The number of nitrogens with zero attached hydrogens (tertiary/aromatic N) is 4. The first-order valence-corrected chi connectivity index (χ1v) is 24.2. The Morgan fingerprint density at radius 2 is 1.71 bits per heavy atom. The van der Waals surface area contributed by atoms with E-state index in [1.165, 1.54) is 9.78 Å². The highest BCUT2D eigenvalue weighted by Crippen LogP contribution is 2.37. The Balaban J connectivity index is 0.916. The van der Waals surface area contributed by atoms with Gasteiger partial charge in [0.05, 0.1) is 47.5 Å². The lowest BCUT2D eigenvalue weighted by molar-refractivity contribution is -0.144. The largest absolute Gasteiger partial charge is 0.493 e. The van der Waals surface area contributed by atoms with E-state index < -0.39 is 23.6 Å². The number of carbonyl (C=O) groups is 3. The van der Waals surface area contributed by atoms with E-state index >= 15 is 0 Å². The minimum atomic E-state index is -0.854. The minimum Gasteiger partial charge on any atom is -0.493 e. The number of likely N-dealkylation sites (tertiary alicyclic amines) is 1. The average molecular weight is 963 g/mol. The van der Waals surface area contributed by atoms with Crippen molar-refractivity contribution in [1.82, 2.24) is 30.5 Å². The van der Waals surface area contributed by atoms with E-state index in [0.29, 0.717) is 36.8 Å². The summed E-state index contributed by atoms with van der Waals surface area (Å²) in [5, 5.41) is 23.0. The summed E-state index contributed by atoms with van der Waals surface area (Å²) >= 11 is 6.81. The molecule has 3 amide bonds. The number of carbonyl (C=O) groups excluding carboxylic acids is 3. The van der Waals surface area contributed by atoms with Crippen molar-refractivity contribution >= 4 is 73.0 Å². The number of rotatable bonds is 20. The molecule has 16 heteroatoms. The lowest BCUT2D eigenvalue weighted by Gasteiger charge is -2.35. The number of β-amino-alcohol motifs (C(OH)–C–C–N with tert-alkyl or cyclic N) is 1. The fourth-order valence-electron chi connectivity index (χ4n) is 7.76. The summed E-state index contributed by atoms with van der Waals surface area (Å²) in [4.78, 5) is 58.1. The van der Waals surface area contributed by atoms with Crippen molar-refractivity contribution in [1.29, 1.82) is 0 Å². The Morgan fingerprint density at radius 1 is 0.984 bits per heavy atom. The maximum atomic E-state index is 14.0. The number of aromatic nitrogens is 3. The smallest absolute Gasteiger partial charge is 0.246 e. The van der Waals surface area contributed by atoms with Gasteiger partial charge in [0.1, 0.15) is 23.7 Å². The number of hydrogen-bond acceptors (Lipinski definition) is 12. The van der Waals surface area contributed by atoms with E-state index in [1.807, 2.05) is 76.5 Å². The maximum absolute atomic E-state index is 14.0. The van der Waals surface area contributed by atoms with Crippen LogP contribution in [0.3, 0.4) is 0 Å². The number of amides is 3. The van der Waals surface area contributed by atoms with Gasteiger partial charge < -0.3 is 35.4 Å². The minimum absolute atomic E-state index is 0.0327. The van der Waals surface area contributed by atoms with E-state index in [-0.39, 0.29) is 43.3 Å². The second-order valence-corrected chi connectivity index (χ2v) is 20.1. The first kappa shape index (κ1) is 47.8. The fourth-order valence-corrected chi connectivity index (χ4v) is 10.0. The number of hydrogen-bond donors (Lipinski definition) is 4. The number of nitrogens with one attached hydrogen (secondary N) is 3. The number of methoxy groups -OCH3 is 1. The number of thiophene rings is 1. The van der Waals surface area contributed by atoms with Crippen molar-refractivity contribution in [3.05, 3.63) is 79.8 Å². The second kappa shape index (κ2) is 21.8. The molecule has 1 aliphatic rings. The summed E-state index contributed by atoms with van der Waals surface area (Å²) < 4.78 is 13.0. The van der Waals surface area contributed by atoms with Gasteiger partial charge >= 0.3 is 0 Å². The number of ether oxygens (including phenoxy) is 2. The van der Waals surface area contributed by atoms with Crippen LogP contribution in [0.1, 0.15) is 107 Å². The van der Waals surface area contributed by atoms with Crippen LogP contribution in [-0.4, -0.2) is 81.1 Å². The molecule has 4 heterocycles. The Kier molecular flexibility index (Phi) is 16.6. The number of aliphatic hydroxyl groups excluding tert-OH is 1. The molecule has 5 aromatic rings.